The van der Waals surface area contributed by atoms with E-state index in [2.05, 4.69) is 224 Å². The van der Waals surface area contributed by atoms with Gasteiger partial charge < -0.3 is 28.1 Å². The number of thiophene rings is 2. The fraction of sp³-hybridized carbons (Fsp3) is 0.0645. The molecule has 11 aromatic rings. The van der Waals surface area contributed by atoms with Gasteiger partial charge in [-0.25, -0.2) is 0 Å². The second-order valence-corrected chi connectivity index (χ2v) is 19.8. The van der Waals surface area contributed by atoms with Gasteiger partial charge in [0, 0.05) is 32.9 Å². The van der Waals surface area contributed by atoms with E-state index in [4.69, 9.17) is 18.9 Å². The Kier molecular flexibility index (Phi) is 12.0. The first kappa shape index (κ1) is 44.8. The molecule has 74 heavy (non-hydrogen) atoms. The van der Waals surface area contributed by atoms with Crippen LogP contribution < -0.4 is 18.9 Å². The van der Waals surface area contributed by atoms with E-state index < -0.39 is 0 Å². The van der Waals surface area contributed by atoms with E-state index in [0.29, 0.717) is 37.9 Å². The summed E-state index contributed by atoms with van der Waals surface area (Å²) in [4.78, 5) is 3.61. The lowest BCUT2D eigenvalue weighted by molar-refractivity contribution is 0.173. The van der Waals surface area contributed by atoms with Gasteiger partial charge in [0.1, 0.15) is 26.4 Å². The van der Waals surface area contributed by atoms with E-state index >= 15 is 0 Å². The van der Waals surface area contributed by atoms with Gasteiger partial charge >= 0.3 is 0 Å². The van der Waals surface area contributed by atoms with Crippen LogP contribution in [0.5, 0.6) is 23.0 Å². The molecular weight excluding hydrogens is 957 g/mol. The van der Waals surface area contributed by atoms with Gasteiger partial charge in [-0.2, -0.15) is 20.4 Å². The van der Waals surface area contributed by atoms with E-state index in [0.717, 1.165) is 64.6 Å². The quantitative estimate of drug-likeness (QED) is 0.0899. The number of benzene rings is 7. The molecule has 7 aromatic carbocycles. The van der Waals surface area contributed by atoms with Crippen molar-refractivity contribution in [1.82, 2.24) is 9.13 Å². The Labute approximate surface area is 434 Å². The molecule has 0 bridgehead atoms. The van der Waals surface area contributed by atoms with Gasteiger partial charge in [0.25, 0.3) is 0 Å². The minimum atomic E-state index is 0.476. The molecule has 0 saturated carbocycles. The Morgan fingerprint density at radius 1 is 0.311 bits per heavy atom. The topological polar surface area (TPSA) is 96.2 Å². The molecule has 0 fully saturated rings. The third-order valence-electron chi connectivity index (χ3n) is 13.1. The number of hydrogen-bond acceptors (Lipinski definition) is 10. The average molecular weight is 1000 g/mol. The SMILES string of the molecule is C(=C\c1sc(/C=N/N=C/c2ccc(-n3c4ccccc4c4ccccc43)cc2)c2c1OCCO2)/c1ccc(/C=C/c2sc(/C=N/N=C/c3ccc(-n4c5ccccc5c5ccccc54)cc3)c3c2OCCO3)cc1. The van der Waals surface area contributed by atoms with Crippen molar-refractivity contribution in [3.05, 3.63) is 212 Å². The molecule has 0 radical (unpaired) electrons. The van der Waals surface area contributed by atoms with Gasteiger partial charge in [-0.15, -0.1) is 22.7 Å². The minimum absolute atomic E-state index is 0.476. The predicted molar refractivity (Wildman–Crippen MR) is 307 cm³/mol. The highest BCUT2D eigenvalue weighted by Gasteiger charge is 2.24. The van der Waals surface area contributed by atoms with Crippen LogP contribution in [0, 0.1) is 0 Å². The average Bonchev–Trinajstić information content (AvgIpc) is 4.21. The van der Waals surface area contributed by atoms with Crippen molar-refractivity contribution < 1.29 is 18.9 Å². The lowest BCUT2D eigenvalue weighted by atomic mass is 10.1. The lowest BCUT2D eigenvalue weighted by Gasteiger charge is -2.16. The summed E-state index contributed by atoms with van der Waals surface area (Å²) < 4.78 is 28.9. The van der Waals surface area contributed by atoms with E-state index in [1.54, 1.807) is 47.5 Å². The maximum Gasteiger partial charge on any atom is 0.181 e. The molecule has 2 aliphatic heterocycles. The summed E-state index contributed by atoms with van der Waals surface area (Å²) in [6.45, 7) is 1.92. The molecule has 13 rings (SSSR count). The number of nitrogens with zero attached hydrogens (tertiary/aromatic N) is 6. The monoisotopic (exact) mass is 1000 g/mol. The minimum Gasteiger partial charge on any atom is -0.485 e. The zero-order valence-corrected chi connectivity index (χ0v) is 41.4. The Hall–Kier alpha value is -9.10. The van der Waals surface area contributed by atoms with Crippen molar-refractivity contribution in [2.75, 3.05) is 26.4 Å². The molecule has 0 spiro atoms. The van der Waals surface area contributed by atoms with Crippen molar-refractivity contribution in [2.45, 2.75) is 0 Å². The van der Waals surface area contributed by atoms with Gasteiger partial charge in [-0.3, -0.25) is 0 Å². The van der Waals surface area contributed by atoms with Crippen molar-refractivity contribution in [3.63, 3.8) is 0 Å². The molecule has 2 aliphatic rings. The summed E-state index contributed by atoms with van der Waals surface area (Å²) in [5.74, 6) is 2.85. The van der Waals surface area contributed by atoms with Crippen LogP contribution in [0.4, 0.5) is 0 Å². The molecule has 0 N–H and O–H groups in total. The van der Waals surface area contributed by atoms with Crippen LogP contribution in [0.1, 0.15) is 41.8 Å². The van der Waals surface area contributed by atoms with Crippen molar-refractivity contribution in [1.29, 1.82) is 0 Å². The maximum atomic E-state index is 6.10. The van der Waals surface area contributed by atoms with Crippen molar-refractivity contribution in [2.24, 2.45) is 20.4 Å². The highest BCUT2D eigenvalue weighted by atomic mass is 32.1. The molecule has 4 aromatic heterocycles. The Morgan fingerprint density at radius 3 is 0.959 bits per heavy atom. The van der Waals surface area contributed by atoms with Crippen LogP contribution in [-0.4, -0.2) is 60.4 Å². The number of hydrogen-bond donors (Lipinski definition) is 0. The summed E-state index contributed by atoms with van der Waals surface area (Å²) >= 11 is 3.12. The third-order valence-corrected chi connectivity index (χ3v) is 15.2. The van der Waals surface area contributed by atoms with Crippen LogP contribution in [0.15, 0.2) is 190 Å². The number of ether oxygens (including phenoxy) is 4. The second kappa shape index (κ2) is 19.8. The van der Waals surface area contributed by atoms with Gasteiger partial charge in [-0.05, 0) is 82.9 Å². The van der Waals surface area contributed by atoms with Crippen LogP contribution in [-0.2, 0) is 0 Å². The normalized spacial score (nSPS) is 13.8. The maximum absolute atomic E-state index is 6.10. The number of fused-ring (bicyclic) bond motifs is 8. The van der Waals surface area contributed by atoms with E-state index in [9.17, 15) is 0 Å². The van der Waals surface area contributed by atoms with Crippen LogP contribution >= 0.6 is 22.7 Å². The first-order valence-corrected chi connectivity index (χ1v) is 25.9. The summed E-state index contributed by atoms with van der Waals surface area (Å²) in [6, 6.07) is 59.2. The van der Waals surface area contributed by atoms with E-state index in [1.807, 2.05) is 0 Å². The van der Waals surface area contributed by atoms with Crippen LogP contribution in [0.3, 0.4) is 0 Å². The van der Waals surface area contributed by atoms with Gasteiger partial charge in [0.05, 0.1) is 66.4 Å². The Balaban J connectivity index is 0.656. The Bertz CT molecular complexity index is 3710. The van der Waals surface area contributed by atoms with Crippen molar-refractivity contribution in [3.8, 4) is 34.4 Å². The molecule has 0 aliphatic carbocycles. The summed E-state index contributed by atoms with van der Waals surface area (Å²) in [7, 11) is 0. The molecule has 0 atom stereocenters. The molecule has 12 heteroatoms. The predicted octanol–water partition coefficient (Wildman–Crippen LogP) is 14.8. The summed E-state index contributed by atoms with van der Waals surface area (Å²) in [6.07, 6.45) is 15.3. The Morgan fingerprint density at radius 2 is 0.608 bits per heavy atom. The summed E-state index contributed by atoms with van der Waals surface area (Å²) in [5.41, 5.74) is 10.9. The first-order chi connectivity index (χ1) is 36.7. The van der Waals surface area contributed by atoms with Crippen LogP contribution in [0.25, 0.3) is 79.3 Å². The van der Waals surface area contributed by atoms with Crippen molar-refractivity contribution >= 4 is 115 Å². The molecule has 0 unspecified atom stereocenters. The molecule has 0 amide bonds. The zero-order chi connectivity index (χ0) is 49.2. The van der Waals surface area contributed by atoms with E-state index in [-0.39, 0.29) is 0 Å². The van der Waals surface area contributed by atoms with Gasteiger partial charge in [0.15, 0.2) is 23.0 Å². The van der Waals surface area contributed by atoms with E-state index in [1.165, 1.54) is 43.6 Å². The fourth-order valence-corrected chi connectivity index (χ4v) is 11.6. The number of para-hydroxylation sites is 4. The zero-order valence-electron chi connectivity index (χ0n) is 39.7. The molecule has 10 nitrogen and oxygen atoms in total. The molecule has 0 saturated heterocycles. The first-order valence-electron chi connectivity index (χ1n) is 24.3. The molecule has 6 heterocycles. The number of aromatic nitrogens is 2. The van der Waals surface area contributed by atoms with Gasteiger partial charge in [0.2, 0.25) is 0 Å². The van der Waals surface area contributed by atoms with Gasteiger partial charge in [-0.1, -0.05) is 133 Å². The fourth-order valence-electron chi connectivity index (χ4n) is 9.63. The standard InChI is InChI=1S/C62H44N6O4S2/c1-5-13-51-47(9-1)48-10-2-6-14-52(48)67(51)45-27-21-43(22-28-45)37-63-65-39-57-61-59(69-33-35-71-61)55(73-57)31-25-41-17-19-42(20-18-41)26-32-56-60-62(72-36-34-70-60)58(74-56)40-66-64-38-44-23-29-46(30-24-44)68-53-15-7-3-11-49(53)50-12-4-8-16-54(50)68/h1-32,37-40H,33-36H2/b31-25+,32-26+,63-37+,64-38+,65-39+,66-40+. The molecular formula is C62H44N6O4S2. The summed E-state index contributed by atoms with van der Waals surface area (Å²) in [5, 5.41) is 22.6. The number of rotatable bonds is 12. The van der Waals surface area contributed by atoms with Crippen LogP contribution in [0.2, 0.25) is 0 Å². The third kappa shape index (κ3) is 8.65. The largest absolute Gasteiger partial charge is 0.485 e. The highest BCUT2D eigenvalue weighted by molar-refractivity contribution is 7.15. The highest BCUT2D eigenvalue weighted by Crippen LogP contribution is 2.46. The molecule has 358 valence electrons. The second-order valence-electron chi connectivity index (χ2n) is 17.6. The smallest absolute Gasteiger partial charge is 0.181 e. The lowest BCUT2D eigenvalue weighted by Crippen LogP contribution is -2.15.